The number of rotatable bonds is 6. The van der Waals surface area contributed by atoms with Crippen LogP contribution in [-0.4, -0.2) is 49.9 Å². The first kappa shape index (κ1) is 62.8. The number of ether oxygens (including phenoxy) is 1. The molecule has 2 N–H and O–H groups in total. The van der Waals surface area contributed by atoms with Gasteiger partial charge in [-0.15, -0.1) is 0 Å². The predicted molar refractivity (Wildman–Crippen MR) is 326 cm³/mol. The molecule has 1 aliphatic rings. The Morgan fingerprint density at radius 3 is 1.40 bits per heavy atom. The molecule has 426 valence electrons. The quantitative estimate of drug-likeness (QED) is 0.0444. The summed E-state index contributed by atoms with van der Waals surface area (Å²) in [5.41, 5.74) is 6.97. The summed E-state index contributed by atoms with van der Waals surface area (Å²) < 4.78 is 48.3. The van der Waals surface area contributed by atoms with Gasteiger partial charge in [-0.2, -0.15) is 4.33 Å². The van der Waals surface area contributed by atoms with Gasteiger partial charge < -0.3 is 24.5 Å². The number of nitrogens with zero attached hydrogens (tertiary/aromatic N) is 2. The second-order valence-electron chi connectivity index (χ2n) is 20.7. The average Bonchev–Trinajstić information content (AvgIpc) is 0.849. The van der Waals surface area contributed by atoms with Crippen LogP contribution in [0.1, 0.15) is 58.9 Å². The van der Waals surface area contributed by atoms with Crippen LogP contribution >= 0.6 is 12.0 Å². The number of nitrogens with one attached hydrogen (secondary N) is 2. The molecule has 0 unspecified atom stereocenters. The van der Waals surface area contributed by atoms with Gasteiger partial charge in [-0.05, 0) is 131 Å². The smallest absolute Gasteiger partial charge is 0.744 e. The number of pyridine rings is 4. The van der Waals surface area contributed by atoms with Gasteiger partial charge in [-0.3, -0.25) is 42.9 Å². The van der Waals surface area contributed by atoms with Crippen molar-refractivity contribution < 1.29 is 106 Å². The molecule has 22 heteroatoms. The molecular weight excluding hydrogens is 1180 g/mol. The number of aryl methyl sites for hydroxylation is 4. The van der Waals surface area contributed by atoms with Crippen LogP contribution in [0.4, 0.5) is 0 Å². The number of esters is 1. The van der Waals surface area contributed by atoms with Crippen molar-refractivity contribution >= 4 is 127 Å². The molecule has 9 aromatic carbocycles. The molecule has 0 saturated heterocycles. The predicted octanol–water partition coefficient (Wildman–Crippen LogP) is 4.41. The van der Waals surface area contributed by atoms with Gasteiger partial charge in [0.25, 0.3) is 11.8 Å². The molecule has 0 fully saturated rings. The average molecular weight is 1230 g/mol. The molecule has 5 heterocycles. The fraction of sp³-hybridized carbons (Fsp3) is 0.0758. The van der Waals surface area contributed by atoms with E-state index in [4.69, 9.17) is 4.74 Å². The molecule has 0 amide bonds. The second-order valence-corrected chi connectivity index (χ2v) is 22.8. The van der Waals surface area contributed by atoms with Crippen molar-refractivity contribution in [3.63, 3.8) is 0 Å². The summed E-state index contributed by atoms with van der Waals surface area (Å²) in [6.45, 7) is 7.89. The van der Waals surface area contributed by atoms with Crippen molar-refractivity contribution in [1.82, 2.24) is 19.1 Å². The zero-order valence-electron chi connectivity index (χ0n) is 47.8. The number of hydrogen-bond acceptors (Lipinski definition) is 15. The molecule has 0 atom stereocenters. The first-order valence-electron chi connectivity index (χ1n) is 26.5. The number of H-pyrrole nitrogens is 2. The molecule has 18 nitrogen and oxygen atoms in total. The molecule has 0 aliphatic carbocycles. The van der Waals surface area contributed by atoms with E-state index in [2.05, 4.69) is 19.3 Å². The van der Waals surface area contributed by atoms with Gasteiger partial charge in [0.05, 0.1) is 71.6 Å². The summed E-state index contributed by atoms with van der Waals surface area (Å²) in [7, 11) is -5.10. The maximum atomic E-state index is 14.5. The zero-order valence-corrected chi connectivity index (χ0v) is 53.4. The number of aromatic nitrogens is 4. The minimum Gasteiger partial charge on any atom is -0.744 e. The van der Waals surface area contributed by atoms with E-state index in [1.54, 1.807) is 74.5 Å². The Kier molecular flexibility index (Phi) is 17.9. The van der Waals surface area contributed by atoms with E-state index < -0.39 is 43.2 Å². The number of cyclic esters (lactones) is 1. The Morgan fingerprint density at radius 1 is 0.489 bits per heavy atom. The summed E-state index contributed by atoms with van der Waals surface area (Å²) in [6, 6.07) is 46.0. The second kappa shape index (κ2) is 25.1. The molecular formula is C66H44N4Na2O14S2. The van der Waals surface area contributed by atoms with Crippen LogP contribution in [0.5, 0.6) is 0 Å². The standard InChI is InChI=1S/C36H24N2O10S2.C22H16N2O2.C8H6O2.2Na/c1-19-11-13-27-23(15-19)33(39)25-18-30-26(17-29(25)37(27)35(41)21-7-3-5-9-31(21)49-48-47-43)34(40)24-16-20(2)12-14-28(24)38(30)36(42)22-8-4-6-10-32(22)50(44,45)46;1-11-3-5-17-13(7-11)21(25)15-9-20-16(10-19(15)23-17)22(26)14-8-12(2)4-6-18(14)24-20;9-8-7-4-2-1-3-6(7)5-10-8;;/h3-18,43H,1-2H3,(H,44,45,46);3-10H,1-2H3,(H,23,25)(H,24,26);1-4H,5H2;;/q;;;2*+1/p-2. The van der Waals surface area contributed by atoms with Crippen LogP contribution < -0.4 is 86.1 Å². The van der Waals surface area contributed by atoms with E-state index in [1.165, 1.54) is 53.1 Å². The number of aromatic amines is 2. The van der Waals surface area contributed by atoms with E-state index in [0.29, 0.717) is 62.4 Å². The van der Waals surface area contributed by atoms with Crippen LogP contribution in [0, 0.1) is 27.7 Å². The number of carbonyl (C=O) groups is 3. The van der Waals surface area contributed by atoms with Crippen molar-refractivity contribution in [2.45, 2.75) is 44.1 Å². The molecule has 0 bridgehead atoms. The zero-order chi connectivity index (χ0) is 60.5. The third kappa shape index (κ3) is 11.5. The monoisotopic (exact) mass is 1230 g/mol. The third-order valence-electron chi connectivity index (χ3n) is 15.0. The van der Waals surface area contributed by atoms with Gasteiger partial charge in [0.2, 0.25) is 0 Å². The van der Waals surface area contributed by atoms with E-state index in [9.17, 15) is 51.8 Å². The topological polar surface area (TPSA) is 269 Å². The van der Waals surface area contributed by atoms with Crippen molar-refractivity contribution in [3.05, 3.63) is 255 Å². The van der Waals surface area contributed by atoms with E-state index >= 15 is 0 Å². The fourth-order valence-corrected chi connectivity index (χ4v) is 12.1. The normalized spacial score (nSPS) is 11.9. The van der Waals surface area contributed by atoms with Crippen molar-refractivity contribution in [2.24, 2.45) is 0 Å². The Morgan fingerprint density at radius 2 is 0.898 bits per heavy atom. The summed E-state index contributed by atoms with van der Waals surface area (Å²) >= 11 is 0.514. The van der Waals surface area contributed by atoms with Gasteiger partial charge >= 0.3 is 65.1 Å². The number of carbonyl (C=O) groups excluding carboxylic acids is 3. The van der Waals surface area contributed by atoms with E-state index in [0.717, 1.165) is 43.9 Å². The Balaban J connectivity index is 0.000000185. The maximum absolute atomic E-state index is 14.5. The Labute approximate surface area is 546 Å². The molecule has 0 saturated carbocycles. The van der Waals surface area contributed by atoms with E-state index in [-0.39, 0.29) is 130 Å². The minimum absolute atomic E-state index is 0. The van der Waals surface area contributed by atoms with Crippen LogP contribution in [0.25, 0.3) is 87.2 Å². The summed E-state index contributed by atoms with van der Waals surface area (Å²) in [4.78, 5) is 100. The van der Waals surface area contributed by atoms with Gasteiger partial charge in [-0.1, -0.05) is 89.0 Å². The third-order valence-corrected chi connectivity index (χ3v) is 16.6. The van der Waals surface area contributed by atoms with Crippen LogP contribution in [0.2, 0.25) is 0 Å². The first-order valence-corrected chi connectivity index (χ1v) is 28.7. The van der Waals surface area contributed by atoms with Gasteiger partial charge in [0.1, 0.15) is 16.7 Å². The summed E-state index contributed by atoms with van der Waals surface area (Å²) in [5, 5.41) is 16.7. The van der Waals surface area contributed by atoms with Crippen LogP contribution in [-0.2, 0) is 30.8 Å². The van der Waals surface area contributed by atoms with Gasteiger partial charge in [-0.25, -0.2) is 13.2 Å². The molecule has 1 aliphatic heterocycles. The largest absolute Gasteiger partial charge is 1.00 e. The maximum Gasteiger partial charge on any atom is 1.00 e. The first-order chi connectivity index (χ1) is 41.3. The van der Waals surface area contributed by atoms with Crippen LogP contribution in [0.15, 0.2) is 199 Å². The molecule has 0 spiro atoms. The van der Waals surface area contributed by atoms with E-state index in [1.807, 2.05) is 68.4 Å². The molecule has 0 radical (unpaired) electrons. The molecule has 4 aromatic heterocycles. The van der Waals surface area contributed by atoms with Crippen molar-refractivity contribution in [1.29, 1.82) is 0 Å². The Bertz CT molecular complexity index is 5400. The number of fused-ring (bicyclic) bond motifs is 9. The number of benzene rings is 9. The Hall–Kier alpha value is -8.19. The molecule has 14 rings (SSSR count). The SMILES string of the molecule is Cc1ccc2[nH]c3cc4c(=O)c5cc(C)ccc5[nH]c4cc3c(=O)c2c1.Cc1ccc2c(c1)c(=O)c1cc3c(cc1n2C(=O)c1ccccc1SOO[O-])c(=O)c1cc(C)ccc1n3C(=O)c1ccccc1S(=O)(=O)[O-].O=C1OCc2ccccc21.[Na+].[Na+]. The van der Waals surface area contributed by atoms with Gasteiger partial charge in [0.15, 0.2) is 21.7 Å². The number of hydrogen-bond donors (Lipinski definition) is 2. The molecule has 88 heavy (non-hydrogen) atoms. The summed E-state index contributed by atoms with van der Waals surface area (Å²) in [6.07, 6.45) is 0. The van der Waals surface area contributed by atoms with Crippen molar-refractivity contribution in [2.75, 3.05) is 0 Å². The van der Waals surface area contributed by atoms with Gasteiger partial charge in [0, 0.05) is 59.7 Å². The fourth-order valence-electron chi connectivity index (χ4n) is 11.0. The van der Waals surface area contributed by atoms with Crippen molar-refractivity contribution in [3.8, 4) is 0 Å². The summed E-state index contributed by atoms with van der Waals surface area (Å²) in [5.74, 6) is -1.77. The minimum atomic E-state index is -5.10. The molecule has 13 aromatic rings. The van der Waals surface area contributed by atoms with Crippen LogP contribution in [0.3, 0.4) is 0 Å².